The first kappa shape index (κ1) is 13.5. The van der Waals surface area contributed by atoms with Gasteiger partial charge < -0.3 is 10.9 Å². The zero-order valence-electron chi connectivity index (χ0n) is 9.53. The maximum absolute atomic E-state index is 12.0. The van der Waals surface area contributed by atoms with Crippen LogP contribution in [-0.4, -0.2) is 47.6 Å². The Kier molecular flexibility index (Phi) is 4.07. The number of sulfonamides is 1. The van der Waals surface area contributed by atoms with Crippen molar-refractivity contribution in [1.82, 2.24) is 14.5 Å². The normalized spacial score (nSPS) is 15.1. The fraction of sp³-hybridized carbons (Fsp3) is 0.500. The van der Waals surface area contributed by atoms with Gasteiger partial charge in [-0.3, -0.25) is 5.10 Å². The van der Waals surface area contributed by atoms with Gasteiger partial charge in [-0.1, -0.05) is 12.1 Å². The number of hydrogen-bond acceptors (Lipinski definition) is 5. The van der Waals surface area contributed by atoms with Crippen molar-refractivity contribution in [3.05, 3.63) is 12.3 Å². The second-order valence-electron chi connectivity index (χ2n) is 3.63. The summed E-state index contributed by atoms with van der Waals surface area (Å²) in [6, 6.07) is 1.36. The van der Waals surface area contributed by atoms with E-state index in [1.165, 1.54) is 19.3 Å². The van der Waals surface area contributed by atoms with Gasteiger partial charge in [-0.15, -0.1) is 0 Å². The van der Waals surface area contributed by atoms with Gasteiger partial charge in [0.25, 0.3) is 10.0 Å². The van der Waals surface area contributed by atoms with Crippen molar-refractivity contribution in [1.29, 1.82) is 0 Å². The number of nitrogens with zero attached hydrogens (tertiary/aromatic N) is 3. The number of nitrogens with one attached hydrogen (secondary N) is 1. The van der Waals surface area contributed by atoms with Gasteiger partial charge in [0.15, 0.2) is 5.03 Å². The van der Waals surface area contributed by atoms with Crippen LogP contribution < -0.4 is 5.73 Å². The number of aromatic amines is 1. The lowest BCUT2D eigenvalue weighted by molar-refractivity contribution is 0.312. The van der Waals surface area contributed by atoms with Crippen molar-refractivity contribution in [2.75, 3.05) is 13.6 Å². The van der Waals surface area contributed by atoms with Crippen LogP contribution in [0.25, 0.3) is 0 Å². The van der Waals surface area contributed by atoms with Crippen LogP contribution in [-0.2, 0) is 10.0 Å². The predicted octanol–water partition coefficient (Wildman–Crippen LogP) is -0.587. The average molecular weight is 261 g/mol. The summed E-state index contributed by atoms with van der Waals surface area (Å²) in [6.45, 7) is 1.77. The monoisotopic (exact) mass is 261 g/mol. The molecule has 1 atom stereocenters. The van der Waals surface area contributed by atoms with Crippen LogP contribution in [0, 0.1) is 5.92 Å². The standard InChI is InChI=1S/C8H15N5O3S/c1-6(8(9)12-14)5-13(2)17(15,16)7-3-4-10-11-7/h3-4,6,14H,5H2,1-2H3,(H2,9,12)(H,10,11). The number of nitrogens with two attached hydrogens (primary N) is 1. The molecule has 0 fully saturated rings. The lowest BCUT2D eigenvalue weighted by Crippen LogP contribution is -2.36. The van der Waals surface area contributed by atoms with E-state index in [9.17, 15) is 8.42 Å². The van der Waals surface area contributed by atoms with E-state index < -0.39 is 10.0 Å². The largest absolute Gasteiger partial charge is 0.409 e. The lowest BCUT2D eigenvalue weighted by atomic mass is 10.2. The Labute approximate surface area is 99.2 Å². The van der Waals surface area contributed by atoms with E-state index in [2.05, 4.69) is 15.4 Å². The maximum Gasteiger partial charge on any atom is 0.259 e. The molecule has 0 amide bonds. The number of hydrogen-bond donors (Lipinski definition) is 3. The number of H-pyrrole nitrogens is 1. The molecule has 1 rings (SSSR count). The molecule has 0 radical (unpaired) electrons. The number of amidine groups is 1. The van der Waals surface area contributed by atoms with Crippen molar-refractivity contribution < 1.29 is 13.6 Å². The predicted molar refractivity (Wildman–Crippen MR) is 61.0 cm³/mol. The van der Waals surface area contributed by atoms with Gasteiger partial charge in [0.2, 0.25) is 0 Å². The number of aromatic nitrogens is 2. The smallest absolute Gasteiger partial charge is 0.259 e. The fourth-order valence-corrected chi connectivity index (χ4v) is 2.39. The third-order valence-electron chi connectivity index (χ3n) is 2.31. The molecule has 4 N–H and O–H groups in total. The van der Waals surface area contributed by atoms with Crippen LogP contribution in [0.4, 0.5) is 0 Å². The molecule has 17 heavy (non-hydrogen) atoms. The third-order valence-corrected chi connectivity index (χ3v) is 4.07. The molecule has 0 aliphatic rings. The molecule has 0 bridgehead atoms. The molecule has 1 aromatic rings. The molecule has 0 aliphatic carbocycles. The van der Waals surface area contributed by atoms with Gasteiger partial charge in [-0.05, 0) is 6.07 Å². The molecule has 0 aromatic carbocycles. The van der Waals surface area contributed by atoms with Gasteiger partial charge in [0.1, 0.15) is 5.84 Å². The summed E-state index contributed by atoms with van der Waals surface area (Å²) in [5.41, 5.74) is 5.39. The summed E-state index contributed by atoms with van der Waals surface area (Å²) < 4.78 is 25.0. The Balaban J connectivity index is 2.81. The first-order valence-corrected chi connectivity index (χ1v) is 6.26. The van der Waals surface area contributed by atoms with E-state index in [-0.39, 0.29) is 23.3 Å². The molecule has 0 spiro atoms. The Hall–Kier alpha value is -1.61. The van der Waals surface area contributed by atoms with E-state index in [4.69, 9.17) is 10.9 Å². The molecule has 8 nitrogen and oxygen atoms in total. The molecular formula is C8H15N5O3S. The minimum atomic E-state index is -3.61. The Bertz CT molecular complexity index is 481. The van der Waals surface area contributed by atoms with Gasteiger partial charge in [0.05, 0.1) is 6.20 Å². The zero-order valence-corrected chi connectivity index (χ0v) is 10.3. The topological polar surface area (TPSA) is 125 Å². The van der Waals surface area contributed by atoms with Crippen LogP contribution in [0.5, 0.6) is 0 Å². The Morgan fingerprint density at radius 3 is 2.88 bits per heavy atom. The summed E-state index contributed by atoms with van der Waals surface area (Å²) in [6.07, 6.45) is 1.35. The molecule has 96 valence electrons. The van der Waals surface area contributed by atoms with Crippen molar-refractivity contribution in [2.24, 2.45) is 16.8 Å². The minimum absolute atomic E-state index is 0.00621. The summed E-state index contributed by atoms with van der Waals surface area (Å²) in [5, 5.41) is 17.3. The maximum atomic E-state index is 12.0. The summed E-state index contributed by atoms with van der Waals surface area (Å²) in [4.78, 5) is 0. The first-order valence-electron chi connectivity index (χ1n) is 4.82. The molecule has 0 aliphatic heterocycles. The molecule has 9 heteroatoms. The SMILES string of the molecule is CC(CN(C)S(=O)(=O)c1ccn[nH]1)C(N)=NO. The average Bonchev–Trinajstić information content (AvgIpc) is 2.81. The van der Waals surface area contributed by atoms with Gasteiger partial charge in [0, 0.05) is 19.5 Å². The van der Waals surface area contributed by atoms with Crippen LogP contribution in [0.2, 0.25) is 0 Å². The molecular weight excluding hydrogens is 246 g/mol. The number of rotatable bonds is 5. The summed E-state index contributed by atoms with van der Waals surface area (Å²) in [5.74, 6) is -0.403. The second-order valence-corrected chi connectivity index (χ2v) is 5.65. The Morgan fingerprint density at radius 1 is 1.76 bits per heavy atom. The lowest BCUT2D eigenvalue weighted by Gasteiger charge is -2.19. The summed E-state index contributed by atoms with van der Waals surface area (Å²) >= 11 is 0. The van der Waals surface area contributed by atoms with Crippen molar-refractivity contribution >= 4 is 15.9 Å². The van der Waals surface area contributed by atoms with E-state index in [0.717, 1.165) is 4.31 Å². The first-order chi connectivity index (χ1) is 7.89. The number of oxime groups is 1. The quantitative estimate of drug-likeness (QED) is 0.283. The Morgan fingerprint density at radius 2 is 2.41 bits per heavy atom. The highest BCUT2D eigenvalue weighted by atomic mass is 32.2. The van der Waals surface area contributed by atoms with E-state index >= 15 is 0 Å². The van der Waals surface area contributed by atoms with E-state index in [1.54, 1.807) is 6.92 Å². The van der Waals surface area contributed by atoms with E-state index in [0.29, 0.717) is 0 Å². The van der Waals surface area contributed by atoms with Crippen LogP contribution in [0.3, 0.4) is 0 Å². The highest BCUT2D eigenvalue weighted by Gasteiger charge is 2.24. The van der Waals surface area contributed by atoms with E-state index in [1.807, 2.05) is 0 Å². The van der Waals surface area contributed by atoms with Gasteiger partial charge >= 0.3 is 0 Å². The van der Waals surface area contributed by atoms with Crippen molar-refractivity contribution in [3.8, 4) is 0 Å². The summed E-state index contributed by atoms with van der Waals surface area (Å²) in [7, 11) is -2.20. The second kappa shape index (κ2) is 5.15. The van der Waals surface area contributed by atoms with Crippen molar-refractivity contribution in [2.45, 2.75) is 11.9 Å². The third kappa shape index (κ3) is 2.94. The highest BCUT2D eigenvalue weighted by molar-refractivity contribution is 7.89. The fourth-order valence-electron chi connectivity index (χ4n) is 1.23. The van der Waals surface area contributed by atoms with Crippen LogP contribution in [0.15, 0.2) is 22.4 Å². The van der Waals surface area contributed by atoms with Crippen LogP contribution >= 0.6 is 0 Å². The van der Waals surface area contributed by atoms with Gasteiger partial charge in [-0.2, -0.15) is 9.40 Å². The molecule has 1 heterocycles. The minimum Gasteiger partial charge on any atom is -0.409 e. The van der Waals surface area contributed by atoms with Crippen molar-refractivity contribution in [3.63, 3.8) is 0 Å². The molecule has 0 saturated heterocycles. The molecule has 1 unspecified atom stereocenters. The van der Waals surface area contributed by atoms with Gasteiger partial charge in [-0.25, -0.2) is 8.42 Å². The molecule has 0 saturated carbocycles. The highest BCUT2D eigenvalue weighted by Crippen LogP contribution is 2.12. The zero-order chi connectivity index (χ0) is 13.1. The van der Waals surface area contributed by atoms with Crippen LogP contribution in [0.1, 0.15) is 6.92 Å². The molecule has 1 aromatic heterocycles.